The van der Waals surface area contributed by atoms with Gasteiger partial charge in [-0.05, 0) is 61.6 Å². The molecule has 2 aromatic carbocycles. The number of nitrogens with zero attached hydrogens (tertiary/aromatic N) is 1. The molecular formula is C20H26N2O4S2. The molecule has 0 bridgehead atoms. The molecule has 0 radical (unpaired) electrons. The zero-order valence-corrected chi connectivity index (χ0v) is 18.4. The highest BCUT2D eigenvalue weighted by Gasteiger charge is 2.18. The maximum Gasteiger partial charge on any atom is 0.258 e. The van der Waals surface area contributed by atoms with Gasteiger partial charge in [0.05, 0.1) is 10.9 Å². The summed E-state index contributed by atoms with van der Waals surface area (Å²) >= 11 is 1.67. The Kier molecular flexibility index (Phi) is 7.51. The third kappa shape index (κ3) is 5.50. The highest BCUT2D eigenvalue weighted by molar-refractivity contribution is 7.98. The number of rotatable bonds is 8. The third-order valence-corrected chi connectivity index (χ3v) is 6.83. The summed E-state index contributed by atoms with van der Waals surface area (Å²) in [6, 6.07) is 12.5. The van der Waals surface area contributed by atoms with Crippen molar-refractivity contribution in [1.29, 1.82) is 0 Å². The van der Waals surface area contributed by atoms with Crippen molar-refractivity contribution in [3.8, 4) is 5.75 Å². The van der Waals surface area contributed by atoms with Crippen LogP contribution in [0.4, 0.5) is 0 Å². The molecule has 1 atom stereocenters. The van der Waals surface area contributed by atoms with Crippen LogP contribution in [0.5, 0.6) is 5.75 Å². The largest absolute Gasteiger partial charge is 0.484 e. The van der Waals surface area contributed by atoms with Gasteiger partial charge in [0.1, 0.15) is 5.75 Å². The molecule has 2 rings (SSSR count). The van der Waals surface area contributed by atoms with Gasteiger partial charge in [0.25, 0.3) is 5.91 Å². The predicted molar refractivity (Wildman–Crippen MR) is 112 cm³/mol. The predicted octanol–water partition coefficient (Wildman–Crippen LogP) is 3.22. The molecule has 0 spiro atoms. The Morgan fingerprint density at radius 2 is 1.82 bits per heavy atom. The number of sulfonamides is 1. The number of hydrogen-bond donors (Lipinski definition) is 1. The van der Waals surface area contributed by atoms with Gasteiger partial charge in [-0.2, -0.15) is 0 Å². The Morgan fingerprint density at radius 3 is 2.36 bits per heavy atom. The smallest absolute Gasteiger partial charge is 0.258 e. The highest BCUT2D eigenvalue weighted by atomic mass is 32.2. The van der Waals surface area contributed by atoms with Gasteiger partial charge < -0.3 is 10.1 Å². The van der Waals surface area contributed by atoms with Crippen LogP contribution in [-0.2, 0) is 14.8 Å². The summed E-state index contributed by atoms with van der Waals surface area (Å²) in [6.45, 7) is 3.52. The second kappa shape index (κ2) is 9.45. The van der Waals surface area contributed by atoms with E-state index in [0.29, 0.717) is 11.3 Å². The minimum absolute atomic E-state index is 0.138. The monoisotopic (exact) mass is 422 g/mol. The maximum atomic E-state index is 12.2. The number of carbonyl (C=O) groups excluding carboxylic acids is 1. The highest BCUT2D eigenvalue weighted by Crippen LogP contribution is 2.23. The van der Waals surface area contributed by atoms with E-state index < -0.39 is 10.0 Å². The average molecular weight is 423 g/mol. The zero-order chi connectivity index (χ0) is 20.9. The molecule has 8 heteroatoms. The zero-order valence-electron chi connectivity index (χ0n) is 16.7. The van der Waals surface area contributed by atoms with Crippen molar-refractivity contribution in [2.75, 3.05) is 27.0 Å². The molecule has 0 saturated carbocycles. The lowest BCUT2D eigenvalue weighted by Gasteiger charge is -2.16. The summed E-state index contributed by atoms with van der Waals surface area (Å²) in [5, 5.41) is 2.90. The Bertz CT molecular complexity index is 926. The van der Waals surface area contributed by atoms with Crippen LogP contribution in [0.2, 0.25) is 0 Å². The number of thioether (sulfide) groups is 1. The summed E-state index contributed by atoms with van der Waals surface area (Å²) in [5.41, 5.74) is 1.66. The number of nitrogens with one attached hydrogen (secondary N) is 1. The fourth-order valence-corrected chi connectivity index (χ4v) is 3.95. The first-order chi connectivity index (χ1) is 13.1. The Balaban J connectivity index is 1.96. The van der Waals surface area contributed by atoms with Crippen LogP contribution in [0.3, 0.4) is 0 Å². The second-order valence-corrected chi connectivity index (χ2v) is 9.60. The van der Waals surface area contributed by atoms with Crippen molar-refractivity contribution in [2.24, 2.45) is 0 Å². The van der Waals surface area contributed by atoms with Crippen molar-refractivity contribution in [2.45, 2.75) is 29.7 Å². The minimum atomic E-state index is -3.50. The molecule has 0 aliphatic rings. The molecule has 28 heavy (non-hydrogen) atoms. The average Bonchev–Trinajstić information content (AvgIpc) is 2.66. The molecule has 2 aromatic rings. The fraction of sp³-hybridized carbons (Fsp3) is 0.350. The Hall–Kier alpha value is -2.03. The first-order valence-corrected chi connectivity index (χ1v) is 11.4. The molecule has 0 heterocycles. The van der Waals surface area contributed by atoms with Crippen LogP contribution in [0.25, 0.3) is 0 Å². The van der Waals surface area contributed by atoms with Crippen LogP contribution in [0.1, 0.15) is 24.1 Å². The molecule has 0 aliphatic heterocycles. The fourth-order valence-electron chi connectivity index (χ4n) is 2.56. The minimum Gasteiger partial charge on any atom is -0.484 e. The number of ether oxygens (including phenoxy) is 1. The standard InChI is InChI=1S/C20H26N2O4S2/c1-14-12-18(28(24,25)22(3)4)10-11-19(14)26-13-20(23)21-15(2)16-6-8-17(27-5)9-7-16/h6-12,15H,13H2,1-5H3,(H,21,23). The van der Waals surface area contributed by atoms with Crippen molar-refractivity contribution < 1.29 is 17.9 Å². The molecule has 152 valence electrons. The van der Waals surface area contributed by atoms with E-state index in [9.17, 15) is 13.2 Å². The Labute approximate surface area is 171 Å². The van der Waals surface area contributed by atoms with Gasteiger partial charge in [0.2, 0.25) is 10.0 Å². The number of hydrogen-bond acceptors (Lipinski definition) is 5. The van der Waals surface area contributed by atoms with E-state index in [-0.39, 0.29) is 23.5 Å². The van der Waals surface area contributed by atoms with Crippen LogP contribution in [-0.4, -0.2) is 45.6 Å². The second-order valence-electron chi connectivity index (χ2n) is 6.57. The van der Waals surface area contributed by atoms with E-state index >= 15 is 0 Å². The number of benzene rings is 2. The molecular weight excluding hydrogens is 396 g/mol. The van der Waals surface area contributed by atoms with Gasteiger partial charge in [0, 0.05) is 19.0 Å². The van der Waals surface area contributed by atoms with E-state index in [1.165, 1.54) is 25.1 Å². The molecule has 1 N–H and O–H groups in total. The topological polar surface area (TPSA) is 75.7 Å². The van der Waals surface area contributed by atoms with E-state index in [1.54, 1.807) is 30.8 Å². The summed E-state index contributed by atoms with van der Waals surface area (Å²) < 4.78 is 31.1. The van der Waals surface area contributed by atoms with Crippen molar-refractivity contribution in [1.82, 2.24) is 9.62 Å². The van der Waals surface area contributed by atoms with Crippen molar-refractivity contribution >= 4 is 27.7 Å². The van der Waals surface area contributed by atoms with E-state index in [2.05, 4.69) is 5.32 Å². The summed E-state index contributed by atoms with van der Waals surface area (Å²) in [6.07, 6.45) is 2.02. The lowest BCUT2D eigenvalue weighted by Crippen LogP contribution is -2.31. The molecule has 1 unspecified atom stereocenters. The number of amides is 1. The van der Waals surface area contributed by atoms with E-state index in [4.69, 9.17) is 4.74 Å². The van der Waals surface area contributed by atoms with Gasteiger partial charge in [-0.1, -0.05) is 12.1 Å². The molecule has 0 aromatic heterocycles. The van der Waals surface area contributed by atoms with Gasteiger partial charge in [-0.15, -0.1) is 11.8 Å². The van der Waals surface area contributed by atoms with Crippen LogP contribution >= 0.6 is 11.8 Å². The van der Waals surface area contributed by atoms with Crippen molar-refractivity contribution in [3.63, 3.8) is 0 Å². The van der Waals surface area contributed by atoms with Crippen LogP contribution in [0, 0.1) is 6.92 Å². The number of carbonyl (C=O) groups is 1. The van der Waals surface area contributed by atoms with Gasteiger partial charge in [-0.3, -0.25) is 4.79 Å². The Morgan fingerprint density at radius 1 is 1.18 bits per heavy atom. The molecule has 1 amide bonds. The van der Waals surface area contributed by atoms with Crippen LogP contribution < -0.4 is 10.1 Å². The molecule has 6 nitrogen and oxygen atoms in total. The summed E-state index contributed by atoms with van der Waals surface area (Å²) in [7, 11) is -0.539. The van der Waals surface area contributed by atoms with Gasteiger partial charge in [0.15, 0.2) is 6.61 Å². The molecule has 0 aliphatic carbocycles. The van der Waals surface area contributed by atoms with Crippen LogP contribution in [0.15, 0.2) is 52.3 Å². The third-order valence-electron chi connectivity index (χ3n) is 4.28. The van der Waals surface area contributed by atoms with Gasteiger partial charge in [-0.25, -0.2) is 12.7 Å². The summed E-state index contributed by atoms with van der Waals surface area (Å²) in [5.74, 6) is 0.232. The lowest BCUT2D eigenvalue weighted by atomic mass is 10.1. The normalized spacial score (nSPS) is 12.6. The SMILES string of the molecule is CSc1ccc(C(C)NC(=O)COc2ccc(S(=O)(=O)N(C)C)cc2C)cc1. The lowest BCUT2D eigenvalue weighted by molar-refractivity contribution is -0.123. The van der Waals surface area contributed by atoms with Gasteiger partial charge >= 0.3 is 0 Å². The quantitative estimate of drug-likeness (QED) is 0.661. The first-order valence-electron chi connectivity index (χ1n) is 8.74. The first kappa shape index (κ1) is 22.3. The molecule has 0 fully saturated rings. The van der Waals surface area contributed by atoms with Crippen molar-refractivity contribution in [3.05, 3.63) is 53.6 Å². The van der Waals surface area contributed by atoms with E-state index in [1.807, 2.05) is 37.4 Å². The molecule has 0 saturated heterocycles. The summed E-state index contributed by atoms with van der Waals surface area (Å²) in [4.78, 5) is 13.6. The number of aryl methyl sites for hydroxylation is 1. The maximum absolute atomic E-state index is 12.2. The van der Waals surface area contributed by atoms with E-state index in [0.717, 1.165) is 9.87 Å².